The fourth-order valence-electron chi connectivity index (χ4n) is 8.28. The smallest absolute Gasteiger partial charge is 0.329 e. The van der Waals surface area contributed by atoms with Crippen molar-refractivity contribution < 1.29 is 42.8 Å². The Labute approximate surface area is 359 Å². The predicted molar refractivity (Wildman–Crippen MR) is 233 cm³/mol. The number of rotatable bonds is 5. The molecule has 0 radical (unpaired) electrons. The van der Waals surface area contributed by atoms with Crippen LogP contribution in [0.25, 0.3) is 0 Å². The predicted octanol–water partition coefficient (Wildman–Crippen LogP) is 4.29. The van der Waals surface area contributed by atoms with Gasteiger partial charge in [-0.2, -0.15) is 0 Å². The minimum absolute atomic E-state index is 0.100. The molecule has 1 aromatic carbocycles. The van der Waals surface area contributed by atoms with Gasteiger partial charge in [0.15, 0.2) is 0 Å². The lowest BCUT2D eigenvalue weighted by Crippen LogP contribution is -2.59. The summed E-state index contributed by atoms with van der Waals surface area (Å²) in [6.07, 6.45) is 2.68. The van der Waals surface area contributed by atoms with Gasteiger partial charge in [-0.05, 0) is 74.5 Å². The number of carbonyl (C=O) groups excluding carboxylic acids is 5. The van der Waals surface area contributed by atoms with E-state index in [9.17, 15) is 33.3 Å². The van der Waals surface area contributed by atoms with E-state index in [1.807, 2.05) is 41.5 Å². The van der Waals surface area contributed by atoms with Gasteiger partial charge in [-0.1, -0.05) is 73.1 Å². The lowest BCUT2D eigenvalue weighted by Gasteiger charge is -2.39. The summed E-state index contributed by atoms with van der Waals surface area (Å²) in [6.45, 7) is 17.1. The number of aliphatic hydroxyl groups excluding tert-OH is 1. The number of cyclic esters (lactones) is 1. The molecular formula is C45H69N5O9S. The van der Waals surface area contributed by atoms with Crippen LogP contribution in [-0.2, 0) is 45.9 Å². The lowest BCUT2D eigenvalue weighted by molar-refractivity contribution is -0.166. The van der Waals surface area contributed by atoms with E-state index >= 15 is 0 Å². The Kier molecular flexibility index (Phi) is 16.7. The summed E-state index contributed by atoms with van der Waals surface area (Å²) < 4.78 is 24.9. The van der Waals surface area contributed by atoms with Crippen LogP contribution in [0, 0.1) is 23.2 Å². The number of methoxy groups -OCH3 is 1. The normalized spacial score (nSPS) is 32.5. The van der Waals surface area contributed by atoms with Crippen LogP contribution in [0.15, 0.2) is 40.9 Å². The molecule has 1 saturated heterocycles. The van der Waals surface area contributed by atoms with Gasteiger partial charge in [-0.25, -0.2) is 4.79 Å². The molecule has 1 fully saturated rings. The van der Waals surface area contributed by atoms with Crippen LogP contribution in [0.5, 0.6) is 5.75 Å². The minimum atomic E-state index is -1.49. The van der Waals surface area contributed by atoms with E-state index < -0.39 is 88.2 Å². The Balaban J connectivity index is 1.76. The number of aliphatic hydroxyl groups is 1. The fourth-order valence-corrected chi connectivity index (χ4v) is 9.75. The van der Waals surface area contributed by atoms with Crippen molar-refractivity contribution in [2.24, 2.45) is 28.2 Å². The summed E-state index contributed by atoms with van der Waals surface area (Å²) in [4.78, 5) is 80.1. The highest BCUT2D eigenvalue weighted by atomic mass is 32.2. The Morgan fingerprint density at radius 1 is 1.00 bits per heavy atom. The topological polar surface area (TPSA) is 175 Å². The van der Waals surface area contributed by atoms with Crippen LogP contribution in [0.2, 0.25) is 0 Å². The second kappa shape index (κ2) is 20.6. The number of nitrogens with zero attached hydrogens (tertiary/aromatic N) is 4. The third-order valence-corrected chi connectivity index (χ3v) is 14.2. The fraction of sp³-hybridized carbons (Fsp3) is 0.689. The third kappa shape index (κ3) is 11.6. The van der Waals surface area contributed by atoms with Crippen LogP contribution >= 0.6 is 0 Å². The van der Waals surface area contributed by atoms with Crippen molar-refractivity contribution >= 4 is 45.4 Å². The highest BCUT2D eigenvalue weighted by molar-refractivity contribution is 8.01. The summed E-state index contributed by atoms with van der Waals surface area (Å²) in [5.74, 6) is -2.53. The van der Waals surface area contributed by atoms with E-state index in [4.69, 9.17) is 14.5 Å². The first kappa shape index (κ1) is 48.6. The molecule has 334 valence electrons. The quantitative estimate of drug-likeness (QED) is 0.410. The summed E-state index contributed by atoms with van der Waals surface area (Å²) >= 11 is 0. The highest BCUT2D eigenvalue weighted by Crippen LogP contribution is 2.33. The van der Waals surface area contributed by atoms with Crippen LogP contribution in [0.3, 0.4) is 0 Å². The molecule has 3 aliphatic rings. The molecule has 0 aliphatic carbocycles. The average Bonchev–Trinajstić information content (AvgIpc) is 3.85. The number of likely N-dealkylation sites (N-methyl/N-ethyl adjacent to an activating group) is 2. The van der Waals surface area contributed by atoms with Gasteiger partial charge < -0.3 is 34.6 Å². The van der Waals surface area contributed by atoms with Crippen molar-refractivity contribution in [3.05, 3.63) is 41.5 Å². The van der Waals surface area contributed by atoms with Crippen LogP contribution in [0.1, 0.15) is 100.0 Å². The van der Waals surface area contributed by atoms with E-state index in [1.54, 1.807) is 70.2 Å². The van der Waals surface area contributed by atoms with Gasteiger partial charge >= 0.3 is 5.97 Å². The highest BCUT2D eigenvalue weighted by Gasteiger charge is 2.45. The van der Waals surface area contributed by atoms with Gasteiger partial charge in [0.25, 0.3) is 0 Å². The second-order valence-electron chi connectivity index (χ2n) is 18.3. The van der Waals surface area contributed by atoms with Crippen LogP contribution in [0.4, 0.5) is 0 Å². The van der Waals surface area contributed by atoms with Crippen molar-refractivity contribution in [1.29, 1.82) is 0 Å². The van der Waals surface area contributed by atoms with E-state index in [0.717, 1.165) is 5.56 Å². The van der Waals surface area contributed by atoms with Gasteiger partial charge in [0, 0.05) is 38.6 Å². The summed E-state index contributed by atoms with van der Waals surface area (Å²) in [5.41, 5.74) is 0.547. The largest absolute Gasteiger partial charge is 0.497 e. The van der Waals surface area contributed by atoms with Crippen molar-refractivity contribution in [2.45, 2.75) is 143 Å². The first-order chi connectivity index (χ1) is 28.1. The molecule has 15 heteroatoms. The zero-order chi connectivity index (χ0) is 44.8. The lowest BCUT2D eigenvalue weighted by atomic mass is 9.81. The molecule has 0 spiro atoms. The SMILES string of the molecule is CC[C@H](C)[C@H]1C(=O)N2CCC[C@H]2C(=O)O[C@H](C(C)(C)C)C[C@@H](C)C[C@H](O)[C@H](C)C2=N[C@@H](/C=C(\C)C(=O)N[C@@H](Cc3ccc(OC)cc3)C(=O)N(C)[C@@H](C)C(=O)N1C)CS2=O. The summed E-state index contributed by atoms with van der Waals surface area (Å²) in [7, 11) is 3.12. The molecule has 1 aromatic rings. The number of esters is 1. The monoisotopic (exact) mass is 855 g/mol. The number of fused-ring (bicyclic) bond motifs is 2. The molecule has 0 aromatic heterocycles. The number of aliphatic imine (C=N–C) groups is 1. The van der Waals surface area contributed by atoms with Gasteiger partial charge in [-0.3, -0.25) is 28.4 Å². The van der Waals surface area contributed by atoms with Crippen molar-refractivity contribution in [3.8, 4) is 5.75 Å². The van der Waals surface area contributed by atoms with Crippen LogP contribution < -0.4 is 10.1 Å². The molecule has 1 unspecified atom stereocenters. The van der Waals surface area contributed by atoms with E-state index in [-0.39, 0.29) is 35.5 Å². The Morgan fingerprint density at radius 3 is 2.25 bits per heavy atom. The molecule has 0 saturated carbocycles. The standard InChI is InChI=1S/C45H69N5O9S/c1-13-27(3)38-43(55)50-20-14-15-35(50)44(56)59-37(45(7,8)9)22-26(2)21-36(51)29(5)40-46-32(25-60(40)57)23-28(4)39(52)47-34(24-31-16-18-33(58-12)19-17-31)42(54)48(10)30(6)41(53)49(38)11/h16-19,23,26-27,29-30,32,34-38,51H,13-15,20-22,24-25H2,1-12H3,(H,47,52)/b28-23+/t26-,27-,29-,30-,32-,34-,35-,36-,37-,38-,60?/m0/s1. The molecule has 4 amide bonds. The third-order valence-electron chi connectivity index (χ3n) is 12.6. The molecule has 60 heavy (non-hydrogen) atoms. The zero-order valence-corrected chi connectivity index (χ0v) is 38.5. The summed E-state index contributed by atoms with van der Waals surface area (Å²) in [6, 6.07) is 2.64. The van der Waals surface area contributed by atoms with Gasteiger partial charge in [-0.15, -0.1) is 0 Å². The summed E-state index contributed by atoms with van der Waals surface area (Å²) in [5, 5.41) is 14.7. The zero-order valence-electron chi connectivity index (χ0n) is 37.7. The number of benzene rings is 1. The average molecular weight is 856 g/mol. The number of hydrogen-bond acceptors (Lipinski definition) is 10. The molecule has 3 heterocycles. The number of hydrogen-bond donors (Lipinski definition) is 2. The number of nitrogens with one attached hydrogen (secondary N) is 1. The molecule has 2 bridgehead atoms. The van der Waals surface area contributed by atoms with Gasteiger partial charge in [0.05, 0.1) is 35.8 Å². The maximum Gasteiger partial charge on any atom is 0.329 e. The number of carbonyl (C=O) groups is 5. The molecule has 3 aliphatic heterocycles. The van der Waals surface area contributed by atoms with E-state index in [0.29, 0.717) is 49.4 Å². The number of amides is 4. The van der Waals surface area contributed by atoms with Crippen molar-refractivity contribution in [2.75, 3.05) is 33.5 Å². The molecule has 11 atom stereocenters. The molecule has 4 rings (SSSR count). The first-order valence-corrected chi connectivity index (χ1v) is 22.7. The second-order valence-corrected chi connectivity index (χ2v) is 19.7. The molecular weight excluding hydrogens is 787 g/mol. The van der Waals surface area contributed by atoms with E-state index in [1.165, 1.54) is 16.8 Å². The van der Waals surface area contributed by atoms with Gasteiger partial charge in [0.2, 0.25) is 23.6 Å². The molecule has 2 N–H and O–H groups in total. The maximum absolute atomic E-state index is 14.6. The van der Waals surface area contributed by atoms with Gasteiger partial charge in [0.1, 0.15) is 41.1 Å². The molecule has 14 nitrogen and oxygen atoms in total. The minimum Gasteiger partial charge on any atom is -0.497 e. The Bertz CT molecular complexity index is 1810. The number of ether oxygens (including phenoxy) is 2. The van der Waals surface area contributed by atoms with Crippen molar-refractivity contribution in [1.82, 2.24) is 20.0 Å². The van der Waals surface area contributed by atoms with Crippen molar-refractivity contribution in [3.63, 3.8) is 0 Å². The first-order valence-electron chi connectivity index (χ1n) is 21.4. The Morgan fingerprint density at radius 2 is 1.65 bits per heavy atom. The maximum atomic E-state index is 14.6. The Hall–Kier alpha value is -4.11. The van der Waals surface area contributed by atoms with Crippen LogP contribution in [-0.4, -0.2) is 135 Å². The van der Waals surface area contributed by atoms with E-state index in [2.05, 4.69) is 5.32 Å².